The number of aromatic nitrogens is 1. The molecule has 0 atom stereocenters. The van der Waals surface area contributed by atoms with Crippen molar-refractivity contribution in [1.82, 2.24) is 4.98 Å². The molecule has 0 amide bonds. The Labute approximate surface area is 183 Å². The maximum absolute atomic E-state index is 4.68. The van der Waals surface area contributed by atoms with E-state index in [1.54, 1.807) is 0 Å². The summed E-state index contributed by atoms with van der Waals surface area (Å²) in [5.41, 5.74) is 1.00. The fourth-order valence-corrected chi connectivity index (χ4v) is 5.68. The van der Waals surface area contributed by atoms with Gasteiger partial charge in [0.25, 0.3) is 0 Å². The van der Waals surface area contributed by atoms with Crippen molar-refractivity contribution in [2.24, 2.45) is 0 Å². The van der Waals surface area contributed by atoms with Crippen molar-refractivity contribution in [2.75, 3.05) is 0 Å². The summed E-state index contributed by atoms with van der Waals surface area (Å²) in [4.78, 5) is 4.68. The van der Waals surface area contributed by atoms with E-state index in [1.165, 1.54) is 26.9 Å². The van der Waals surface area contributed by atoms with Crippen LogP contribution in [0.4, 0.5) is 0 Å². The molecule has 0 fully saturated rings. The summed E-state index contributed by atoms with van der Waals surface area (Å²) in [6, 6.07) is 17.2. The van der Waals surface area contributed by atoms with Gasteiger partial charge < -0.3 is 0 Å². The Hall–Kier alpha value is -1.01. The topological polar surface area (TPSA) is 12.9 Å². The van der Waals surface area contributed by atoms with Crippen LogP contribution in [0.1, 0.15) is 0 Å². The Bertz CT molecular complexity index is 1380. The molecule has 1 aromatic heterocycles. The molecule has 0 unspecified atom stereocenters. The van der Waals surface area contributed by atoms with Crippen LogP contribution in [-0.4, -0.2) is 4.98 Å². The Balaban J connectivity index is 2.06. The highest BCUT2D eigenvalue weighted by Gasteiger charge is 2.14. The fraction of sp³-hybridized carbons (Fsp3) is 0. The van der Waals surface area contributed by atoms with Gasteiger partial charge in [-0.05, 0) is 62.4 Å². The van der Waals surface area contributed by atoms with Crippen molar-refractivity contribution in [2.45, 2.75) is 0 Å². The van der Waals surface area contributed by atoms with E-state index in [0.29, 0.717) is 0 Å². The van der Waals surface area contributed by atoms with Crippen molar-refractivity contribution in [3.8, 4) is 0 Å². The van der Waals surface area contributed by atoms with Gasteiger partial charge in [0.15, 0.2) is 0 Å². The minimum Gasteiger partial charge on any atom is -0.254 e. The zero-order valence-corrected chi connectivity index (χ0v) is 19.5. The van der Waals surface area contributed by atoms with Crippen LogP contribution in [0, 0.1) is 0 Å². The molecule has 0 radical (unpaired) electrons. The van der Waals surface area contributed by atoms with Gasteiger partial charge in [-0.2, -0.15) is 0 Å². The zero-order valence-electron chi connectivity index (χ0n) is 13.2. The first-order valence-corrected chi connectivity index (χ1v) is 11.1. The van der Waals surface area contributed by atoms with Crippen molar-refractivity contribution in [1.29, 1.82) is 0 Å². The Morgan fingerprint density at radius 1 is 0.577 bits per heavy atom. The summed E-state index contributed by atoms with van der Waals surface area (Å²) in [7, 11) is 0. The van der Waals surface area contributed by atoms with Gasteiger partial charge in [-0.25, -0.2) is 0 Å². The van der Waals surface area contributed by atoms with Crippen LogP contribution in [0.2, 0.25) is 0 Å². The molecular weight excluding hydrogens is 586 g/mol. The largest absolute Gasteiger partial charge is 0.254 e. The lowest BCUT2D eigenvalue weighted by Gasteiger charge is -2.13. The van der Waals surface area contributed by atoms with Crippen LogP contribution >= 0.6 is 63.7 Å². The molecule has 0 aliphatic carbocycles. The molecule has 5 rings (SSSR count). The molecular formula is C21H9Br4N. The lowest BCUT2D eigenvalue weighted by molar-refractivity contribution is 1.40. The average Bonchev–Trinajstić information content (AvgIpc) is 2.60. The summed E-state index contributed by atoms with van der Waals surface area (Å²) in [5, 5.41) is 8.31. The molecule has 26 heavy (non-hydrogen) atoms. The maximum Gasteiger partial charge on any atom is 0.0782 e. The second-order valence-corrected chi connectivity index (χ2v) is 9.76. The number of hydrogen-bond donors (Lipinski definition) is 0. The van der Waals surface area contributed by atoms with E-state index in [-0.39, 0.29) is 0 Å². The van der Waals surface area contributed by atoms with Gasteiger partial charge in [0.1, 0.15) is 0 Å². The number of benzene rings is 4. The maximum atomic E-state index is 4.68. The van der Waals surface area contributed by atoms with Gasteiger partial charge in [-0.3, -0.25) is 4.98 Å². The van der Waals surface area contributed by atoms with Crippen LogP contribution in [0.15, 0.2) is 72.6 Å². The number of halogens is 4. The highest BCUT2D eigenvalue weighted by Crippen LogP contribution is 2.42. The second kappa shape index (κ2) is 6.26. The summed E-state index contributed by atoms with van der Waals surface area (Å²) in [6.07, 6.45) is 1.85. The molecule has 126 valence electrons. The van der Waals surface area contributed by atoms with E-state index in [1.807, 2.05) is 6.20 Å². The number of nitrogens with zero attached hydrogens (tertiary/aromatic N) is 1. The normalized spacial score (nSPS) is 11.8. The minimum atomic E-state index is 0.979. The predicted molar refractivity (Wildman–Crippen MR) is 125 cm³/mol. The van der Waals surface area contributed by atoms with Gasteiger partial charge in [0.2, 0.25) is 0 Å². The summed E-state index contributed by atoms with van der Waals surface area (Å²) in [5.74, 6) is 0. The molecule has 5 aromatic rings. The van der Waals surface area contributed by atoms with Gasteiger partial charge in [0, 0.05) is 45.6 Å². The smallest absolute Gasteiger partial charge is 0.0782 e. The first kappa shape index (κ1) is 17.1. The molecule has 4 aromatic carbocycles. The molecule has 5 heteroatoms. The molecule has 1 heterocycles. The van der Waals surface area contributed by atoms with Crippen LogP contribution < -0.4 is 0 Å². The van der Waals surface area contributed by atoms with E-state index < -0.39 is 0 Å². The van der Waals surface area contributed by atoms with Crippen LogP contribution in [0.5, 0.6) is 0 Å². The Morgan fingerprint density at radius 3 is 2.12 bits per heavy atom. The van der Waals surface area contributed by atoms with Crippen LogP contribution in [0.3, 0.4) is 0 Å². The number of rotatable bonds is 0. The SMILES string of the molecule is Brc1ccc2c(ccc3c2c(Br)cc2c4ncc(Br)cc4cc(Br)c23)c1. The van der Waals surface area contributed by atoms with Gasteiger partial charge in [-0.1, -0.05) is 66.0 Å². The van der Waals surface area contributed by atoms with Gasteiger partial charge in [0.05, 0.1) is 5.52 Å². The first-order chi connectivity index (χ1) is 12.5. The van der Waals surface area contributed by atoms with E-state index in [4.69, 9.17) is 0 Å². The highest BCUT2D eigenvalue weighted by atomic mass is 79.9. The molecule has 0 aliphatic rings. The lowest BCUT2D eigenvalue weighted by Crippen LogP contribution is -1.88. The van der Waals surface area contributed by atoms with Gasteiger partial charge in [-0.15, -0.1) is 0 Å². The monoisotopic (exact) mass is 591 g/mol. The second-order valence-electron chi connectivity index (χ2n) is 6.22. The number of hydrogen-bond acceptors (Lipinski definition) is 1. The molecule has 0 spiro atoms. The zero-order chi connectivity index (χ0) is 18.0. The van der Waals surface area contributed by atoms with Crippen molar-refractivity contribution < 1.29 is 0 Å². The third-order valence-corrected chi connectivity index (χ3v) is 6.87. The van der Waals surface area contributed by atoms with Gasteiger partial charge >= 0.3 is 0 Å². The molecule has 0 saturated heterocycles. The third kappa shape index (κ3) is 2.55. The van der Waals surface area contributed by atoms with E-state index in [0.717, 1.165) is 34.2 Å². The molecule has 0 bridgehead atoms. The van der Waals surface area contributed by atoms with E-state index >= 15 is 0 Å². The lowest BCUT2D eigenvalue weighted by atomic mass is 9.96. The Kier molecular flexibility index (Phi) is 4.12. The summed E-state index contributed by atoms with van der Waals surface area (Å²) < 4.78 is 4.22. The van der Waals surface area contributed by atoms with Crippen molar-refractivity contribution in [3.05, 3.63) is 72.6 Å². The average molecular weight is 595 g/mol. The Morgan fingerprint density at radius 2 is 1.27 bits per heavy atom. The third-order valence-electron chi connectivity index (χ3n) is 4.69. The summed E-state index contributed by atoms with van der Waals surface area (Å²) >= 11 is 14.7. The molecule has 1 nitrogen and oxygen atoms in total. The highest BCUT2D eigenvalue weighted by molar-refractivity contribution is 9.11. The van der Waals surface area contributed by atoms with Crippen molar-refractivity contribution >= 4 is 107 Å². The van der Waals surface area contributed by atoms with Crippen LogP contribution in [0.25, 0.3) is 43.2 Å². The van der Waals surface area contributed by atoms with Crippen LogP contribution in [-0.2, 0) is 0 Å². The molecule has 0 aliphatic heterocycles. The molecule has 0 N–H and O–H groups in total. The number of fused-ring (bicyclic) bond motifs is 7. The van der Waals surface area contributed by atoms with E-state index in [9.17, 15) is 0 Å². The number of pyridine rings is 1. The first-order valence-electron chi connectivity index (χ1n) is 7.91. The minimum absolute atomic E-state index is 0.979. The standard InChI is InChI=1S/C21H9Br4N/c22-12-2-4-14-10(5-12)1-3-15-19(14)18(25)8-16-20(15)17(24)7-11-6-13(23)9-26-21(11)16/h1-9H. The fourth-order valence-electron chi connectivity index (χ4n) is 3.63. The van der Waals surface area contributed by atoms with E-state index in [2.05, 4.69) is 117 Å². The van der Waals surface area contributed by atoms with Crippen molar-refractivity contribution in [3.63, 3.8) is 0 Å². The molecule has 0 saturated carbocycles. The summed E-state index contributed by atoms with van der Waals surface area (Å²) in [6.45, 7) is 0. The predicted octanol–water partition coefficient (Wildman–Crippen LogP) is 8.74. The quantitative estimate of drug-likeness (QED) is 0.163.